The van der Waals surface area contributed by atoms with Crippen molar-refractivity contribution in [2.24, 2.45) is 0 Å². The number of rotatable bonds is 3. The molecule has 2 aromatic rings. The molecule has 0 spiro atoms. The Hall–Kier alpha value is -1.91. The van der Waals surface area contributed by atoms with Crippen molar-refractivity contribution in [1.82, 2.24) is 0 Å². The lowest BCUT2D eigenvalue weighted by Crippen LogP contribution is -2.37. The molecule has 2 unspecified atom stereocenters. The van der Waals surface area contributed by atoms with Crippen LogP contribution in [0.25, 0.3) is 0 Å². The van der Waals surface area contributed by atoms with Gasteiger partial charge in [-0.1, -0.05) is 30.3 Å². The van der Waals surface area contributed by atoms with Crippen molar-refractivity contribution >= 4 is 0 Å². The first-order valence-electron chi connectivity index (χ1n) is 7.18. The number of aryl methyl sites for hydroxylation is 2. The van der Waals surface area contributed by atoms with Crippen LogP contribution in [0.3, 0.4) is 0 Å². The number of aliphatic hydroxyl groups excluding tert-OH is 2. The van der Waals surface area contributed by atoms with Gasteiger partial charge < -0.3 is 14.6 Å². The van der Waals surface area contributed by atoms with E-state index in [-0.39, 0.29) is 18.3 Å². The van der Waals surface area contributed by atoms with Gasteiger partial charge in [0, 0.05) is 30.9 Å². The molecule has 1 aromatic carbocycles. The Morgan fingerprint density at radius 3 is 2.52 bits per heavy atom. The maximum absolute atomic E-state index is 12.1. The Morgan fingerprint density at radius 1 is 1.05 bits per heavy atom. The lowest BCUT2D eigenvalue weighted by molar-refractivity contribution is 0.00851. The summed E-state index contributed by atoms with van der Waals surface area (Å²) in [4.78, 5) is 12.1. The number of hydrogen-bond acceptors (Lipinski definition) is 4. The molecule has 1 aliphatic carbocycles. The Balaban J connectivity index is 1.80. The van der Waals surface area contributed by atoms with E-state index in [9.17, 15) is 15.0 Å². The van der Waals surface area contributed by atoms with Gasteiger partial charge in [0.15, 0.2) is 5.43 Å². The fourth-order valence-electron chi connectivity index (χ4n) is 2.71. The average molecular weight is 286 g/mol. The van der Waals surface area contributed by atoms with Gasteiger partial charge in [-0.2, -0.15) is 0 Å². The maximum Gasteiger partial charge on any atom is 0.188 e. The van der Waals surface area contributed by atoms with Crippen LogP contribution in [0.1, 0.15) is 22.6 Å². The first-order valence-corrected chi connectivity index (χ1v) is 7.18. The zero-order chi connectivity index (χ0) is 14.8. The number of fused-ring (bicyclic) bond motifs is 1. The van der Waals surface area contributed by atoms with E-state index in [0.717, 1.165) is 6.42 Å². The first-order chi connectivity index (χ1) is 10.1. The second kappa shape index (κ2) is 5.84. The summed E-state index contributed by atoms with van der Waals surface area (Å²) in [5.74, 6) is 1.15. The van der Waals surface area contributed by atoms with E-state index in [1.165, 1.54) is 11.6 Å². The van der Waals surface area contributed by atoms with Crippen LogP contribution in [0.5, 0.6) is 0 Å². The highest BCUT2D eigenvalue weighted by Crippen LogP contribution is 2.21. The fourth-order valence-corrected chi connectivity index (χ4v) is 2.71. The third-order valence-electron chi connectivity index (χ3n) is 3.94. The molecule has 0 fully saturated rings. The van der Waals surface area contributed by atoms with Gasteiger partial charge in [-0.05, 0) is 12.0 Å². The molecular weight excluding hydrogens is 268 g/mol. The molecule has 21 heavy (non-hydrogen) atoms. The standard InChI is InChI=1S/C17H18O4/c18-14-8-12(7-6-11-4-2-1-3-5-11)21-17-10-16(20)15(19)9-13(14)17/h1-5,8,15-16,19-20H,6-7,9-10H2. The van der Waals surface area contributed by atoms with E-state index < -0.39 is 12.2 Å². The number of aliphatic hydroxyl groups is 2. The average Bonchev–Trinajstić information content (AvgIpc) is 2.48. The highest BCUT2D eigenvalue weighted by Gasteiger charge is 2.28. The van der Waals surface area contributed by atoms with Crippen LogP contribution < -0.4 is 5.43 Å². The van der Waals surface area contributed by atoms with Gasteiger partial charge in [0.1, 0.15) is 11.5 Å². The van der Waals surface area contributed by atoms with Gasteiger partial charge in [-0.25, -0.2) is 0 Å². The van der Waals surface area contributed by atoms with E-state index in [0.29, 0.717) is 23.5 Å². The van der Waals surface area contributed by atoms with Crippen molar-refractivity contribution in [2.75, 3.05) is 0 Å². The molecular formula is C17H18O4. The van der Waals surface area contributed by atoms with Crippen molar-refractivity contribution in [3.8, 4) is 0 Å². The molecule has 3 rings (SSSR count). The zero-order valence-electron chi connectivity index (χ0n) is 11.7. The Labute approximate surface area is 122 Å². The summed E-state index contributed by atoms with van der Waals surface area (Å²) in [6.07, 6.45) is 0.0716. The van der Waals surface area contributed by atoms with Crippen molar-refractivity contribution in [1.29, 1.82) is 0 Å². The smallest absolute Gasteiger partial charge is 0.188 e. The molecule has 1 aliphatic rings. The molecule has 0 saturated carbocycles. The summed E-state index contributed by atoms with van der Waals surface area (Å²) in [7, 11) is 0. The number of hydrogen-bond donors (Lipinski definition) is 2. The normalized spacial score (nSPS) is 21.0. The van der Waals surface area contributed by atoms with Crippen LogP contribution in [-0.4, -0.2) is 22.4 Å². The second-order valence-corrected chi connectivity index (χ2v) is 5.51. The quantitative estimate of drug-likeness (QED) is 0.890. The highest BCUT2D eigenvalue weighted by atomic mass is 16.4. The SMILES string of the molecule is O=c1cc(CCc2ccccc2)oc2c1CC(O)C(O)C2. The summed E-state index contributed by atoms with van der Waals surface area (Å²) < 4.78 is 5.75. The van der Waals surface area contributed by atoms with Crippen molar-refractivity contribution in [2.45, 2.75) is 37.9 Å². The minimum Gasteiger partial charge on any atom is -0.465 e. The third kappa shape index (κ3) is 3.06. The van der Waals surface area contributed by atoms with E-state index in [4.69, 9.17) is 4.42 Å². The first kappa shape index (κ1) is 14.0. The fraction of sp³-hybridized carbons (Fsp3) is 0.353. The molecule has 0 bridgehead atoms. The predicted octanol–water partition coefficient (Wildman–Crippen LogP) is 1.25. The Kier molecular flexibility index (Phi) is 3.90. The predicted molar refractivity (Wildman–Crippen MR) is 78.2 cm³/mol. The van der Waals surface area contributed by atoms with Gasteiger partial charge in [0.25, 0.3) is 0 Å². The lowest BCUT2D eigenvalue weighted by Gasteiger charge is -2.24. The van der Waals surface area contributed by atoms with Crippen molar-refractivity contribution < 1.29 is 14.6 Å². The molecule has 4 heteroatoms. The third-order valence-corrected chi connectivity index (χ3v) is 3.94. The van der Waals surface area contributed by atoms with Crippen LogP contribution in [0, 0.1) is 0 Å². The summed E-state index contributed by atoms with van der Waals surface area (Å²) in [6.45, 7) is 0. The molecule has 1 aromatic heterocycles. The summed E-state index contributed by atoms with van der Waals surface area (Å²) in [5.41, 5.74) is 1.58. The monoisotopic (exact) mass is 286 g/mol. The Morgan fingerprint density at radius 2 is 1.76 bits per heavy atom. The molecule has 110 valence electrons. The van der Waals surface area contributed by atoms with Crippen LogP contribution in [-0.2, 0) is 25.7 Å². The number of benzene rings is 1. The largest absolute Gasteiger partial charge is 0.465 e. The molecule has 1 heterocycles. The van der Waals surface area contributed by atoms with E-state index in [1.54, 1.807) is 0 Å². The van der Waals surface area contributed by atoms with E-state index in [2.05, 4.69) is 0 Å². The molecule has 0 aliphatic heterocycles. The van der Waals surface area contributed by atoms with Crippen molar-refractivity contribution in [3.05, 3.63) is 69.3 Å². The highest BCUT2D eigenvalue weighted by molar-refractivity contribution is 5.25. The summed E-state index contributed by atoms with van der Waals surface area (Å²) >= 11 is 0. The molecule has 0 amide bonds. The molecule has 2 N–H and O–H groups in total. The molecule has 0 saturated heterocycles. The van der Waals surface area contributed by atoms with E-state index >= 15 is 0 Å². The van der Waals surface area contributed by atoms with Crippen molar-refractivity contribution in [3.63, 3.8) is 0 Å². The minimum atomic E-state index is -0.879. The van der Waals surface area contributed by atoms with Gasteiger partial charge in [0.2, 0.25) is 0 Å². The van der Waals surface area contributed by atoms with Crippen LogP contribution >= 0.6 is 0 Å². The Bertz CT molecular complexity index is 675. The van der Waals surface area contributed by atoms with Gasteiger partial charge in [-0.15, -0.1) is 0 Å². The van der Waals surface area contributed by atoms with Gasteiger partial charge in [-0.3, -0.25) is 4.79 Å². The topological polar surface area (TPSA) is 70.7 Å². The summed E-state index contributed by atoms with van der Waals surface area (Å²) in [6, 6.07) is 11.5. The van der Waals surface area contributed by atoms with Crippen LogP contribution in [0.15, 0.2) is 45.6 Å². The van der Waals surface area contributed by atoms with Crippen LogP contribution in [0.2, 0.25) is 0 Å². The summed E-state index contributed by atoms with van der Waals surface area (Å²) in [5, 5.41) is 19.3. The molecule has 2 atom stereocenters. The maximum atomic E-state index is 12.1. The minimum absolute atomic E-state index is 0.106. The van der Waals surface area contributed by atoms with Gasteiger partial charge >= 0.3 is 0 Å². The van der Waals surface area contributed by atoms with Gasteiger partial charge in [0.05, 0.1) is 12.2 Å². The second-order valence-electron chi connectivity index (χ2n) is 5.51. The van der Waals surface area contributed by atoms with Crippen LogP contribution in [0.4, 0.5) is 0 Å². The zero-order valence-corrected chi connectivity index (χ0v) is 11.7. The van der Waals surface area contributed by atoms with E-state index in [1.807, 2.05) is 30.3 Å². The molecule has 4 nitrogen and oxygen atoms in total. The lowest BCUT2D eigenvalue weighted by atomic mass is 9.92. The molecule has 0 radical (unpaired) electrons.